The number of aromatic amines is 2. The zero-order valence-electron chi connectivity index (χ0n) is 10.8. The minimum absolute atomic E-state index is 0.267. The van der Waals surface area contributed by atoms with Gasteiger partial charge in [0.05, 0.1) is 11.6 Å². The molecule has 3 heterocycles. The maximum atomic E-state index is 11.4. The monoisotopic (exact) mass is 292 g/mol. The van der Waals surface area contributed by atoms with Gasteiger partial charge in [0, 0.05) is 13.6 Å². The van der Waals surface area contributed by atoms with Crippen LogP contribution >= 0.6 is 11.8 Å². The lowest BCUT2D eigenvalue weighted by atomic mass is 10.4. The fraction of sp³-hybridized carbons (Fsp3) is 0.300. The van der Waals surface area contributed by atoms with Crippen LogP contribution in [0.3, 0.4) is 0 Å². The van der Waals surface area contributed by atoms with E-state index in [2.05, 4.69) is 35.7 Å². The van der Waals surface area contributed by atoms with Gasteiger partial charge >= 0.3 is 5.69 Å². The zero-order chi connectivity index (χ0) is 14.1. The summed E-state index contributed by atoms with van der Waals surface area (Å²) < 4.78 is 1.42. The number of nitrogens with one attached hydrogen (secondary N) is 3. The number of nitrogens with zero attached hydrogens (tertiary/aromatic N) is 5. The minimum Gasteiger partial charge on any atom is -0.354 e. The number of aromatic nitrogens is 7. The minimum atomic E-state index is -0.267. The first-order valence-corrected chi connectivity index (χ1v) is 6.75. The molecule has 9 nitrogen and oxygen atoms in total. The van der Waals surface area contributed by atoms with E-state index in [0.29, 0.717) is 28.3 Å². The molecule has 0 atom stereocenters. The highest BCUT2D eigenvalue weighted by Gasteiger charge is 2.14. The van der Waals surface area contributed by atoms with Gasteiger partial charge in [-0.1, -0.05) is 0 Å². The van der Waals surface area contributed by atoms with Crippen LogP contribution in [0.2, 0.25) is 0 Å². The molecule has 3 rings (SSSR count). The van der Waals surface area contributed by atoms with Crippen molar-refractivity contribution in [2.75, 3.05) is 11.9 Å². The lowest BCUT2D eigenvalue weighted by molar-refractivity contribution is 0.765. The predicted molar refractivity (Wildman–Crippen MR) is 73.8 cm³/mol. The third-order valence-electron chi connectivity index (χ3n) is 2.64. The van der Waals surface area contributed by atoms with E-state index in [1.807, 2.05) is 6.92 Å². The van der Waals surface area contributed by atoms with Gasteiger partial charge in [0.25, 0.3) is 0 Å². The second-order valence-electron chi connectivity index (χ2n) is 3.99. The van der Waals surface area contributed by atoms with Gasteiger partial charge in [0.1, 0.15) is 5.03 Å². The summed E-state index contributed by atoms with van der Waals surface area (Å²) in [7, 11) is 1.65. The Kier molecular flexibility index (Phi) is 3.14. The fourth-order valence-corrected chi connectivity index (χ4v) is 2.51. The van der Waals surface area contributed by atoms with E-state index in [-0.39, 0.29) is 5.69 Å². The van der Waals surface area contributed by atoms with Gasteiger partial charge in [-0.3, -0.25) is 9.67 Å². The Morgan fingerprint density at radius 3 is 2.95 bits per heavy atom. The van der Waals surface area contributed by atoms with Crippen LogP contribution in [0, 0.1) is 0 Å². The summed E-state index contributed by atoms with van der Waals surface area (Å²) in [5, 5.41) is 18.2. The Labute approximate surface area is 117 Å². The van der Waals surface area contributed by atoms with Crippen LogP contribution in [0.4, 0.5) is 5.95 Å². The third kappa shape index (κ3) is 2.13. The van der Waals surface area contributed by atoms with Crippen molar-refractivity contribution in [3.05, 3.63) is 16.7 Å². The summed E-state index contributed by atoms with van der Waals surface area (Å²) in [6, 6.07) is 0. The van der Waals surface area contributed by atoms with Crippen molar-refractivity contribution in [2.45, 2.75) is 17.1 Å². The van der Waals surface area contributed by atoms with Gasteiger partial charge in [0.2, 0.25) is 5.95 Å². The molecule has 0 aromatic carbocycles. The van der Waals surface area contributed by atoms with Gasteiger partial charge in [-0.25, -0.2) is 14.9 Å². The second kappa shape index (κ2) is 4.96. The molecule has 0 aliphatic carbocycles. The Hall–Kier alpha value is -2.36. The quantitative estimate of drug-likeness (QED) is 0.594. The summed E-state index contributed by atoms with van der Waals surface area (Å²) >= 11 is 1.28. The summed E-state index contributed by atoms with van der Waals surface area (Å²) in [5.74, 6) is 0.507. The highest BCUT2D eigenvalue weighted by Crippen LogP contribution is 2.29. The van der Waals surface area contributed by atoms with Gasteiger partial charge in [-0.05, 0) is 18.7 Å². The highest BCUT2D eigenvalue weighted by molar-refractivity contribution is 7.99. The fourth-order valence-electron chi connectivity index (χ4n) is 1.63. The molecule has 3 N–H and O–H groups in total. The number of H-pyrrole nitrogens is 2. The van der Waals surface area contributed by atoms with E-state index in [0.717, 1.165) is 5.39 Å². The molecule has 0 unspecified atom stereocenters. The number of hydrogen-bond donors (Lipinski definition) is 3. The van der Waals surface area contributed by atoms with E-state index in [9.17, 15) is 4.79 Å². The molecule has 3 aromatic rings. The molecule has 0 fully saturated rings. The van der Waals surface area contributed by atoms with Crippen molar-refractivity contribution < 1.29 is 0 Å². The molecule has 0 radical (unpaired) electrons. The standard InChI is InChI=1S/C10H12N8OS/c1-3-11-8-13-6-5(4-12-15-6)7(14-8)20-10-17-16-9(19)18(10)2/h4H,3H2,1-2H3,(H,16,19)(H2,11,12,13,14,15). The smallest absolute Gasteiger partial charge is 0.343 e. The highest BCUT2D eigenvalue weighted by atomic mass is 32.2. The van der Waals surface area contributed by atoms with Crippen LogP contribution in [0.15, 0.2) is 21.2 Å². The molecule has 0 saturated heterocycles. The zero-order valence-corrected chi connectivity index (χ0v) is 11.7. The SMILES string of the molecule is CCNc1nc(Sc2n[nH]c(=O)n2C)c2cn[nH]c2n1. The Morgan fingerprint density at radius 1 is 1.40 bits per heavy atom. The Balaban J connectivity index is 2.07. The van der Waals surface area contributed by atoms with Crippen LogP contribution in [-0.2, 0) is 7.05 Å². The molecule has 104 valence electrons. The number of hydrogen-bond acceptors (Lipinski definition) is 7. The van der Waals surface area contributed by atoms with Crippen molar-refractivity contribution in [1.82, 2.24) is 34.9 Å². The van der Waals surface area contributed by atoms with Crippen LogP contribution < -0.4 is 11.0 Å². The normalized spacial score (nSPS) is 11.1. The first-order chi connectivity index (χ1) is 9.69. The molecular formula is C10H12N8OS. The molecule has 0 aliphatic heterocycles. The van der Waals surface area contributed by atoms with Gasteiger partial charge in [-0.2, -0.15) is 10.1 Å². The summed E-state index contributed by atoms with van der Waals surface area (Å²) in [6.07, 6.45) is 1.65. The number of rotatable bonds is 4. The van der Waals surface area contributed by atoms with Crippen molar-refractivity contribution in [3.8, 4) is 0 Å². The van der Waals surface area contributed by atoms with Crippen LogP contribution in [0.25, 0.3) is 11.0 Å². The maximum absolute atomic E-state index is 11.4. The van der Waals surface area contributed by atoms with Gasteiger partial charge in [0.15, 0.2) is 10.8 Å². The van der Waals surface area contributed by atoms with E-state index >= 15 is 0 Å². The predicted octanol–water partition coefficient (Wildman–Crippen LogP) is 0.358. The molecule has 20 heavy (non-hydrogen) atoms. The van der Waals surface area contributed by atoms with E-state index in [4.69, 9.17) is 0 Å². The number of anilines is 1. The van der Waals surface area contributed by atoms with Crippen LogP contribution in [0.5, 0.6) is 0 Å². The van der Waals surface area contributed by atoms with E-state index < -0.39 is 0 Å². The molecule has 0 amide bonds. The number of fused-ring (bicyclic) bond motifs is 1. The largest absolute Gasteiger partial charge is 0.354 e. The Morgan fingerprint density at radius 2 is 2.25 bits per heavy atom. The lowest BCUT2D eigenvalue weighted by Crippen LogP contribution is -2.12. The van der Waals surface area contributed by atoms with Crippen molar-refractivity contribution in [2.24, 2.45) is 7.05 Å². The molecule has 3 aromatic heterocycles. The van der Waals surface area contributed by atoms with E-state index in [1.165, 1.54) is 16.3 Å². The Bertz CT molecular complexity index is 803. The molecule has 0 bridgehead atoms. The summed E-state index contributed by atoms with van der Waals surface area (Å²) in [6.45, 7) is 2.68. The van der Waals surface area contributed by atoms with E-state index in [1.54, 1.807) is 13.2 Å². The third-order valence-corrected chi connectivity index (χ3v) is 3.69. The average molecular weight is 292 g/mol. The molecular weight excluding hydrogens is 280 g/mol. The van der Waals surface area contributed by atoms with Crippen LogP contribution in [0.1, 0.15) is 6.92 Å². The van der Waals surface area contributed by atoms with Crippen molar-refractivity contribution in [3.63, 3.8) is 0 Å². The van der Waals surface area contributed by atoms with Gasteiger partial charge in [-0.15, -0.1) is 5.10 Å². The van der Waals surface area contributed by atoms with Gasteiger partial charge < -0.3 is 5.32 Å². The van der Waals surface area contributed by atoms with Crippen molar-refractivity contribution >= 4 is 28.7 Å². The summed E-state index contributed by atoms with van der Waals surface area (Å²) in [5.41, 5.74) is 0.371. The van der Waals surface area contributed by atoms with Crippen molar-refractivity contribution in [1.29, 1.82) is 0 Å². The van der Waals surface area contributed by atoms with Crippen LogP contribution in [-0.4, -0.2) is 41.5 Å². The maximum Gasteiger partial charge on any atom is 0.343 e. The molecule has 0 saturated carbocycles. The average Bonchev–Trinajstić information content (AvgIpc) is 3.01. The summed E-state index contributed by atoms with van der Waals surface area (Å²) in [4.78, 5) is 20.1. The first-order valence-electron chi connectivity index (χ1n) is 5.93. The second-order valence-corrected chi connectivity index (χ2v) is 4.94. The molecule has 0 aliphatic rings. The molecule has 10 heteroatoms. The molecule has 0 spiro atoms. The lowest BCUT2D eigenvalue weighted by Gasteiger charge is -2.05. The first kappa shape index (κ1) is 12.7. The topological polar surface area (TPSA) is 117 Å².